The molecule has 0 aliphatic heterocycles. The number of hydrogen-bond acceptors (Lipinski definition) is 6. The molecule has 1 aromatic heterocycles. The van der Waals surface area contributed by atoms with Crippen LogP contribution in [0.5, 0.6) is 5.75 Å². The number of carbonyl (C=O) groups excluding carboxylic acids is 1. The first-order valence-corrected chi connectivity index (χ1v) is 8.90. The van der Waals surface area contributed by atoms with Crippen molar-refractivity contribution in [2.75, 3.05) is 12.4 Å². The lowest BCUT2D eigenvalue weighted by Gasteiger charge is -2.05. The molecule has 0 fully saturated rings. The van der Waals surface area contributed by atoms with Crippen molar-refractivity contribution in [3.05, 3.63) is 59.7 Å². The highest BCUT2D eigenvalue weighted by Crippen LogP contribution is 2.20. The Morgan fingerprint density at radius 1 is 1.12 bits per heavy atom. The number of thioether (sulfide) groups is 1. The van der Waals surface area contributed by atoms with E-state index in [2.05, 4.69) is 15.5 Å². The highest BCUT2D eigenvalue weighted by Gasteiger charge is 2.13. The molecule has 0 saturated heterocycles. The van der Waals surface area contributed by atoms with Gasteiger partial charge in [0.05, 0.1) is 18.0 Å². The first-order chi connectivity index (χ1) is 12.2. The van der Waals surface area contributed by atoms with Gasteiger partial charge in [0.1, 0.15) is 5.75 Å². The molecule has 3 rings (SSSR count). The smallest absolute Gasteiger partial charge is 0.214 e. The number of hydrogen-bond donors (Lipinski definition) is 0. The molecule has 3 aromatic rings. The minimum absolute atomic E-state index is 0.0199. The number of Topliss-reactive ketones (excluding diaryl/α,β-unsaturated/α-hetero) is 1. The summed E-state index contributed by atoms with van der Waals surface area (Å²) in [4.78, 5) is 12.4. The van der Waals surface area contributed by atoms with E-state index in [1.165, 1.54) is 11.8 Å². The molecular weight excluding hydrogens is 336 g/mol. The SMILES string of the molecule is CCOc1ccc(C(=O)CSc2nnnn2-c2ccc(C)cc2)cc1. The van der Waals surface area contributed by atoms with Gasteiger partial charge in [-0.2, -0.15) is 4.68 Å². The fourth-order valence-electron chi connectivity index (χ4n) is 2.23. The Balaban J connectivity index is 1.66. The molecule has 0 bridgehead atoms. The van der Waals surface area contributed by atoms with Crippen LogP contribution in [0, 0.1) is 6.92 Å². The van der Waals surface area contributed by atoms with Crippen molar-refractivity contribution in [1.29, 1.82) is 0 Å². The first kappa shape index (κ1) is 17.2. The summed E-state index contributed by atoms with van der Waals surface area (Å²) in [7, 11) is 0. The lowest BCUT2D eigenvalue weighted by atomic mass is 10.1. The van der Waals surface area contributed by atoms with Crippen molar-refractivity contribution < 1.29 is 9.53 Å². The predicted molar refractivity (Wildman–Crippen MR) is 96.6 cm³/mol. The molecule has 0 saturated carbocycles. The topological polar surface area (TPSA) is 69.9 Å². The van der Waals surface area contributed by atoms with E-state index >= 15 is 0 Å². The summed E-state index contributed by atoms with van der Waals surface area (Å²) >= 11 is 1.32. The van der Waals surface area contributed by atoms with E-state index in [1.54, 1.807) is 28.9 Å². The third-order valence-electron chi connectivity index (χ3n) is 3.54. The number of aryl methyl sites for hydroxylation is 1. The van der Waals surface area contributed by atoms with E-state index in [0.29, 0.717) is 17.3 Å². The molecule has 1 heterocycles. The summed E-state index contributed by atoms with van der Waals surface area (Å²) in [6, 6.07) is 15.0. The largest absolute Gasteiger partial charge is 0.494 e. The standard InChI is InChI=1S/C18H18N4O2S/c1-3-24-16-10-6-14(7-11-16)17(23)12-25-18-19-20-21-22(18)15-8-4-13(2)5-9-15/h4-11H,3,12H2,1-2H3. The zero-order chi connectivity index (χ0) is 17.6. The average molecular weight is 354 g/mol. The molecule has 0 atom stereocenters. The molecule has 6 nitrogen and oxygen atoms in total. The number of tetrazole rings is 1. The zero-order valence-corrected chi connectivity index (χ0v) is 14.9. The molecular formula is C18H18N4O2S. The Morgan fingerprint density at radius 3 is 2.52 bits per heavy atom. The number of ether oxygens (including phenoxy) is 1. The van der Waals surface area contributed by atoms with Crippen LogP contribution in [0.15, 0.2) is 53.7 Å². The molecule has 0 radical (unpaired) electrons. The normalized spacial score (nSPS) is 10.6. The predicted octanol–water partition coefficient (Wildman–Crippen LogP) is 3.34. The number of rotatable bonds is 7. The lowest BCUT2D eigenvalue weighted by molar-refractivity contribution is 0.102. The first-order valence-electron chi connectivity index (χ1n) is 7.91. The minimum atomic E-state index is 0.0199. The fraction of sp³-hybridized carbons (Fsp3) is 0.222. The molecule has 2 aromatic carbocycles. The Bertz CT molecular complexity index is 844. The van der Waals surface area contributed by atoms with E-state index in [0.717, 1.165) is 17.0 Å². The molecule has 25 heavy (non-hydrogen) atoms. The lowest BCUT2D eigenvalue weighted by Crippen LogP contribution is -2.05. The van der Waals surface area contributed by atoms with Crippen LogP contribution in [-0.2, 0) is 0 Å². The van der Waals surface area contributed by atoms with Gasteiger partial charge < -0.3 is 4.74 Å². The van der Waals surface area contributed by atoms with E-state index < -0.39 is 0 Å². The van der Waals surface area contributed by atoms with Crippen LogP contribution in [0.3, 0.4) is 0 Å². The molecule has 0 aliphatic carbocycles. The zero-order valence-electron chi connectivity index (χ0n) is 14.0. The number of carbonyl (C=O) groups is 1. The third kappa shape index (κ3) is 4.24. The molecule has 128 valence electrons. The van der Waals surface area contributed by atoms with Crippen molar-refractivity contribution in [2.45, 2.75) is 19.0 Å². The van der Waals surface area contributed by atoms with E-state index in [4.69, 9.17) is 4.74 Å². The van der Waals surface area contributed by atoms with Crippen molar-refractivity contribution >= 4 is 17.5 Å². The second-order valence-electron chi connectivity index (χ2n) is 5.38. The Morgan fingerprint density at radius 2 is 1.84 bits per heavy atom. The maximum absolute atomic E-state index is 12.4. The van der Waals surface area contributed by atoms with Crippen LogP contribution in [0.4, 0.5) is 0 Å². The second kappa shape index (κ2) is 7.94. The van der Waals surface area contributed by atoms with Gasteiger partial charge >= 0.3 is 0 Å². The van der Waals surface area contributed by atoms with Gasteiger partial charge in [0, 0.05) is 5.56 Å². The molecule has 0 unspecified atom stereocenters. The van der Waals surface area contributed by atoms with Crippen molar-refractivity contribution in [1.82, 2.24) is 20.2 Å². The maximum atomic E-state index is 12.4. The average Bonchev–Trinajstić information content (AvgIpc) is 3.10. The van der Waals surface area contributed by atoms with Gasteiger partial charge in [-0.15, -0.1) is 5.10 Å². The maximum Gasteiger partial charge on any atom is 0.214 e. The van der Waals surface area contributed by atoms with Gasteiger partial charge in [-0.05, 0) is 60.7 Å². The van der Waals surface area contributed by atoms with Gasteiger partial charge in [0.2, 0.25) is 5.16 Å². The van der Waals surface area contributed by atoms with Gasteiger partial charge in [0.25, 0.3) is 0 Å². The van der Waals surface area contributed by atoms with Gasteiger partial charge in [-0.1, -0.05) is 29.5 Å². The quantitative estimate of drug-likeness (QED) is 0.479. The van der Waals surface area contributed by atoms with E-state index in [1.807, 2.05) is 38.1 Å². The number of nitrogens with zero attached hydrogens (tertiary/aromatic N) is 4. The summed E-state index contributed by atoms with van der Waals surface area (Å²) in [5, 5.41) is 12.3. The fourth-order valence-corrected chi connectivity index (χ4v) is 3.02. The van der Waals surface area contributed by atoms with Crippen molar-refractivity contribution in [2.24, 2.45) is 0 Å². The minimum Gasteiger partial charge on any atom is -0.494 e. The number of benzene rings is 2. The highest BCUT2D eigenvalue weighted by molar-refractivity contribution is 7.99. The Kier molecular flexibility index (Phi) is 5.45. The van der Waals surface area contributed by atoms with E-state index in [9.17, 15) is 4.79 Å². The molecule has 0 spiro atoms. The van der Waals surface area contributed by atoms with Gasteiger partial charge in [0.15, 0.2) is 5.78 Å². The summed E-state index contributed by atoms with van der Waals surface area (Å²) in [6.07, 6.45) is 0. The van der Waals surface area contributed by atoms with Crippen molar-refractivity contribution in [3.8, 4) is 11.4 Å². The Labute approximate surface area is 150 Å². The molecule has 7 heteroatoms. The summed E-state index contributed by atoms with van der Waals surface area (Å²) < 4.78 is 7.02. The van der Waals surface area contributed by atoms with Crippen LogP contribution in [0.1, 0.15) is 22.8 Å². The highest BCUT2D eigenvalue weighted by atomic mass is 32.2. The summed E-state index contributed by atoms with van der Waals surface area (Å²) in [5.74, 6) is 1.04. The Hall–Kier alpha value is -2.67. The van der Waals surface area contributed by atoms with Crippen LogP contribution in [-0.4, -0.2) is 38.4 Å². The molecule has 0 amide bonds. The second-order valence-corrected chi connectivity index (χ2v) is 6.32. The van der Waals surface area contributed by atoms with Crippen molar-refractivity contribution in [3.63, 3.8) is 0 Å². The monoisotopic (exact) mass is 354 g/mol. The molecule has 0 N–H and O–H groups in total. The van der Waals surface area contributed by atoms with Crippen LogP contribution in [0.2, 0.25) is 0 Å². The van der Waals surface area contributed by atoms with Crippen LogP contribution < -0.4 is 4.74 Å². The van der Waals surface area contributed by atoms with Gasteiger partial charge in [-0.25, -0.2) is 0 Å². The van der Waals surface area contributed by atoms with Crippen LogP contribution >= 0.6 is 11.8 Å². The number of ketones is 1. The summed E-state index contributed by atoms with van der Waals surface area (Å²) in [6.45, 7) is 4.55. The van der Waals surface area contributed by atoms with E-state index in [-0.39, 0.29) is 11.5 Å². The molecule has 0 aliphatic rings. The third-order valence-corrected chi connectivity index (χ3v) is 4.46. The van der Waals surface area contributed by atoms with Gasteiger partial charge in [-0.3, -0.25) is 4.79 Å². The number of aromatic nitrogens is 4. The van der Waals surface area contributed by atoms with Crippen LogP contribution in [0.25, 0.3) is 5.69 Å². The summed E-state index contributed by atoms with van der Waals surface area (Å²) in [5.41, 5.74) is 2.67.